The van der Waals surface area contributed by atoms with Crippen molar-refractivity contribution in [2.45, 2.75) is 46.1 Å². The van der Waals surface area contributed by atoms with E-state index in [1.807, 2.05) is 13.0 Å². The number of rotatable bonds is 4. The summed E-state index contributed by atoms with van der Waals surface area (Å²) >= 11 is 0. The number of hydrogen-bond donors (Lipinski definition) is 2. The third-order valence-electron chi connectivity index (χ3n) is 5.89. The molecule has 4 nitrogen and oxygen atoms in total. The third kappa shape index (κ3) is 2.87. The van der Waals surface area contributed by atoms with E-state index in [1.165, 1.54) is 11.1 Å². The van der Waals surface area contributed by atoms with Crippen LogP contribution in [0.4, 0.5) is 0 Å². The zero-order valence-corrected chi connectivity index (χ0v) is 14.0. The molecule has 0 heterocycles. The summed E-state index contributed by atoms with van der Waals surface area (Å²) in [5.74, 6) is -1.33. The first-order valence-corrected chi connectivity index (χ1v) is 8.48. The first-order valence-electron chi connectivity index (χ1n) is 8.48. The number of nitrogens with one attached hydrogen (secondary N) is 1. The molecule has 1 aromatic rings. The highest BCUT2D eigenvalue weighted by molar-refractivity contribution is 5.86. The number of fused-ring (bicyclic) bond motifs is 2. The Morgan fingerprint density at radius 2 is 1.78 bits per heavy atom. The molecule has 23 heavy (non-hydrogen) atoms. The van der Waals surface area contributed by atoms with Gasteiger partial charge in [-0.2, -0.15) is 0 Å². The van der Waals surface area contributed by atoms with Crippen LogP contribution in [0, 0.1) is 37.5 Å². The second-order valence-electron chi connectivity index (χ2n) is 7.30. The van der Waals surface area contributed by atoms with Crippen LogP contribution in [-0.2, 0) is 9.59 Å². The molecule has 2 fully saturated rings. The van der Waals surface area contributed by atoms with Crippen LogP contribution in [0.25, 0.3) is 0 Å². The third-order valence-corrected chi connectivity index (χ3v) is 5.89. The van der Waals surface area contributed by atoms with Crippen molar-refractivity contribution in [2.75, 3.05) is 0 Å². The minimum absolute atomic E-state index is 0.0877. The Morgan fingerprint density at radius 3 is 2.39 bits per heavy atom. The Bertz CT molecular complexity index is 640. The van der Waals surface area contributed by atoms with Gasteiger partial charge in [-0.05, 0) is 68.6 Å². The van der Waals surface area contributed by atoms with Gasteiger partial charge in [-0.15, -0.1) is 0 Å². The molecule has 0 aliphatic heterocycles. The van der Waals surface area contributed by atoms with E-state index in [9.17, 15) is 14.7 Å². The topological polar surface area (TPSA) is 66.4 Å². The van der Waals surface area contributed by atoms with Gasteiger partial charge >= 0.3 is 5.97 Å². The number of carbonyl (C=O) groups excluding carboxylic acids is 1. The fraction of sp³-hybridized carbons (Fsp3) is 0.579. The predicted octanol–water partition coefficient (Wildman–Crippen LogP) is 3.23. The smallest absolute Gasteiger partial charge is 0.307 e. The van der Waals surface area contributed by atoms with Crippen LogP contribution in [0.3, 0.4) is 0 Å². The monoisotopic (exact) mass is 315 g/mol. The van der Waals surface area contributed by atoms with Gasteiger partial charge in [0.1, 0.15) is 0 Å². The maximum atomic E-state index is 12.7. The van der Waals surface area contributed by atoms with E-state index in [0.717, 1.165) is 24.8 Å². The number of carbonyl (C=O) groups is 2. The van der Waals surface area contributed by atoms with Crippen molar-refractivity contribution in [1.29, 1.82) is 0 Å². The number of carboxylic acids is 1. The number of hydrogen-bond acceptors (Lipinski definition) is 2. The normalized spacial score (nSPS) is 30.2. The van der Waals surface area contributed by atoms with Crippen LogP contribution in [0.5, 0.6) is 0 Å². The van der Waals surface area contributed by atoms with E-state index in [-0.39, 0.29) is 29.7 Å². The Morgan fingerprint density at radius 1 is 1.13 bits per heavy atom. The van der Waals surface area contributed by atoms with Crippen LogP contribution < -0.4 is 5.32 Å². The molecule has 0 saturated heterocycles. The summed E-state index contributed by atoms with van der Waals surface area (Å²) in [7, 11) is 0. The molecule has 0 aromatic heterocycles. The first kappa shape index (κ1) is 16.0. The molecule has 3 rings (SSSR count). The zero-order valence-electron chi connectivity index (χ0n) is 14.0. The predicted molar refractivity (Wildman–Crippen MR) is 87.9 cm³/mol. The molecule has 1 aromatic carbocycles. The van der Waals surface area contributed by atoms with Gasteiger partial charge in [0.2, 0.25) is 5.91 Å². The highest BCUT2D eigenvalue weighted by atomic mass is 16.4. The summed E-state index contributed by atoms with van der Waals surface area (Å²) < 4.78 is 0. The number of carboxylic acid groups (broad SMARTS) is 1. The molecular weight excluding hydrogens is 290 g/mol. The largest absolute Gasteiger partial charge is 0.481 e. The minimum Gasteiger partial charge on any atom is -0.481 e. The zero-order chi connectivity index (χ0) is 16.7. The SMILES string of the molecule is Cc1ccc([C@@H](C)NC(=O)[C@@H]2[C@@H]3CC[C@@H](C3)[C@@H]2C(=O)O)cc1C. The standard InChI is InChI=1S/C19H25NO3/c1-10-4-5-13(8-11(10)2)12(3)20-18(21)16-14-6-7-15(9-14)17(16)19(22)23/h4-5,8,12,14-17H,6-7,9H2,1-3H3,(H,20,21)(H,22,23)/t12-,14-,15+,16-,17+/m1/s1. The highest BCUT2D eigenvalue weighted by Crippen LogP contribution is 2.52. The molecule has 1 amide bonds. The molecule has 0 unspecified atom stereocenters. The lowest BCUT2D eigenvalue weighted by atomic mass is 9.78. The lowest BCUT2D eigenvalue weighted by Crippen LogP contribution is -2.42. The maximum absolute atomic E-state index is 12.7. The molecule has 2 bridgehead atoms. The average Bonchev–Trinajstić information content (AvgIpc) is 3.10. The molecule has 5 atom stereocenters. The van der Waals surface area contributed by atoms with E-state index < -0.39 is 11.9 Å². The number of benzene rings is 1. The molecule has 0 radical (unpaired) electrons. The average molecular weight is 315 g/mol. The molecular formula is C19H25NO3. The number of aliphatic carboxylic acids is 1. The molecule has 4 heteroatoms. The Kier molecular flexibility index (Phi) is 4.17. The summed E-state index contributed by atoms with van der Waals surface area (Å²) in [6.07, 6.45) is 2.84. The van der Waals surface area contributed by atoms with Gasteiger partial charge in [0.05, 0.1) is 17.9 Å². The van der Waals surface area contributed by atoms with Crippen LogP contribution in [0.2, 0.25) is 0 Å². The van der Waals surface area contributed by atoms with Gasteiger partial charge in [-0.25, -0.2) is 0 Å². The van der Waals surface area contributed by atoms with E-state index in [1.54, 1.807) is 0 Å². The summed E-state index contributed by atoms with van der Waals surface area (Å²) in [4.78, 5) is 24.3. The van der Waals surface area contributed by atoms with Crippen molar-refractivity contribution >= 4 is 11.9 Å². The first-order chi connectivity index (χ1) is 10.9. The van der Waals surface area contributed by atoms with Crippen molar-refractivity contribution in [1.82, 2.24) is 5.32 Å². The van der Waals surface area contributed by atoms with Gasteiger partial charge in [0.15, 0.2) is 0 Å². The van der Waals surface area contributed by atoms with Gasteiger partial charge in [-0.1, -0.05) is 18.2 Å². The van der Waals surface area contributed by atoms with Gasteiger partial charge in [-0.3, -0.25) is 9.59 Å². The Hall–Kier alpha value is -1.84. The van der Waals surface area contributed by atoms with Crippen molar-refractivity contribution < 1.29 is 14.7 Å². The Labute approximate surface area is 137 Å². The number of aryl methyl sites for hydroxylation is 2. The summed E-state index contributed by atoms with van der Waals surface area (Å²) in [6, 6.07) is 6.08. The maximum Gasteiger partial charge on any atom is 0.307 e. The van der Waals surface area contributed by atoms with Gasteiger partial charge in [0, 0.05) is 0 Å². The second-order valence-corrected chi connectivity index (χ2v) is 7.30. The van der Waals surface area contributed by atoms with E-state index in [4.69, 9.17) is 0 Å². The van der Waals surface area contributed by atoms with Crippen LogP contribution >= 0.6 is 0 Å². The van der Waals surface area contributed by atoms with Crippen molar-refractivity contribution in [2.24, 2.45) is 23.7 Å². The van der Waals surface area contributed by atoms with Crippen LogP contribution in [0.15, 0.2) is 18.2 Å². The quantitative estimate of drug-likeness (QED) is 0.896. The van der Waals surface area contributed by atoms with Crippen LogP contribution in [0.1, 0.15) is 48.9 Å². The minimum atomic E-state index is -0.809. The van der Waals surface area contributed by atoms with E-state index in [0.29, 0.717) is 0 Å². The second kappa shape index (κ2) is 5.99. The molecule has 124 valence electrons. The van der Waals surface area contributed by atoms with Crippen molar-refractivity contribution in [3.8, 4) is 0 Å². The van der Waals surface area contributed by atoms with Crippen molar-refractivity contribution in [3.05, 3.63) is 34.9 Å². The van der Waals surface area contributed by atoms with Gasteiger partial charge < -0.3 is 10.4 Å². The fourth-order valence-electron chi connectivity index (χ4n) is 4.45. The molecule has 2 aliphatic rings. The molecule has 2 N–H and O–H groups in total. The lowest BCUT2D eigenvalue weighted by Gasteiger charge is -2.28. The van der Waals surface area contributed by atoms with Crippen molar-refractivity contribution in [3.63, 3.8) is 0 Å². The van der Waals surface area contributed by atoms with E-state index >= 15 is 0 Å². The lowest BCUT2D eigenvalue weighted by molar-refractivity contribution is -0.149. The molecule has 0 spiro atoms. The fourth-order valence-corrected chi connectivity index (χ4v) is 4.45. The molecule has 2 aliphatic carbocycles. The Balaban J connectivity index is 1.73. The summed E-state index contributed by atoms with van der Waals surface area (Å²) in [5, 5.41) is 12.5. The van der Waals surface area contributed by atoms with Gasteiger partial charge in [0.25, 0.3) is 0 Å². The van der Waals surface area contributed by atoms with Crippen LogP contribution in [-0.4, -0.2) is 17.0 Å². The summed E-state index contributed by atoms with van der Waals surface area (Å²) in [6.45, 7) is 6.09. The molecule has 2 saturated carbocycles. The van der Waals surface area contributed by atoms with E-state index in [2.05, 4.69) is 31.3 Å². The number of amides is 1. The summed E-state index contributed by atoms with van der Waals surface area (Å²) in [5.41, 5.74) is 3.50. The highest BCUT2D eigenvalue weighted by Gasteiger charge is 2.54.